The third kappa shape index (κ3) is 3.53. The van der Waals surface area contributed by atoms with Crippen LogP contribution in [0.3, 0.4) is 0 Å². The van der Waals surface area contributed by atoms with Crippen molar-refractivity contribution in [2.75, 3.05) is 0 Å². The molecule has 0 spiro atoms. The van der Waals surface area contributed by atoms with Gasteiger partial charge in [0.15, 0.2) is 5.82 Å². The van der Waals surface area contributed by atoms with Gasteiger partial charge in [0.1, 0.15) is 10.8 Å². The van der Waals surface area contributed by atoms with E-state index in [0.29, 0.717) is 27.6 Å². The molecule has 0 unspecified atom stereocenters. The number of aromatic nitrogens is 3. The Labute approximate surface area is 145 Å². The normalized spacial score (nSPS) is 12.5. The molecular weight excluding hydrogens is 339 g/mol. The Morgan fingerprint density at radius 2 is 1.87 bits per heavy atom. The Morgan fingerprint density at radius 1 is 1.26 bits per heavy atom. The average Bonchev–Trinajstić information content (AvgIpc) is 3.00. The first kappa shape index (κ1) is 17.8. The molecule has 0 fully saturated rings. The third-order valence-corrected chi connectivity index (χ3v) is 4.24. The van der Waals surface area contributed by atoms with Crippen molar-refractivity contribution in [3.8, 4) is 0 Å². The molecule has 23 heavy (non-hydrogen) atoms. The van der Waals surface area contributed by atoms with Crippen LogP contribution in [-0.2, 0) is 18.0 Å². The first-order valence-electron chi connectivity index (χ1n) is 7.11. The molecule has 0 aliphatic heterocycles. The molecular formula is C15H20Cl2N4O2. The van der Waals surface area contributed by atoms with Gasteiger partial charge in [0.05, 0.1) is 10.6 Å². The maximum atomic E-state index is 12.5. The van der Waals surface area contributed by atoms with E-state index < -0.39 is 5.54 Å². The fourth-order valence-electron chi connectivity index (χ4n) is 1.95. The molecule has 0 radical (unpaired) electrons. The molecule has 0 saturated carbocycles. The van der Waals surface area contributed by atoms with Crippen molar-refractivity contribution >= 4 is 29.1 Å². The number of hydrogen-bond donors (Lipinski definition) is 1. The van der Waals surface area contributed by atoms with Gasteiger partial charge in [0, 0.05) is 12.5 Å². The van der Waals surface area contributed by atoms with Gasteiger partial charge in [-0.3, -0.25) is 4.79 Å². The third-order valence-electron chi connectivity index (χ3n) is 3.40. The molecule has 2 heterocycles. The zero-order chi connectivity index (χ0) is 17.6. The van der Waals surface area contributed by atoms with Gasteiger partial charge in [-0.05, 0) is 19.9 Å². The topological polar surface area (TPSA) is 73.0 Å². The summed E-state index contributed by atoms with van der Waals surface area (Å²) in [5.74, 6) is 0.593. The highest BCUT2D eigenvalue weighted by molar-refractivity contribution is 6.41. The summed E-state index contributed by atoms with van der Waals surface area (Å²) in [6.07, 6.45) is 0. The number of amides is 1. The van der Waals surface area contributed by atoms with E-state index in [1.807, 2.05) is 20.8 Å². The summed E-state index contributed by atoms with van der Waals surface area (Å²) in [4.78, 5) is 16.9. The van der Waals surface area contributed by atoms with Gasteiger partial charge in [-0.2, -0.15) is 4.98 Å². The van der Waals surface area contributed by atoms with E-state index in [1.165, 1.54) is 10.6 Å². The van der Waals surface area contributed by atoms with E-state index in [0.717, 1.165) is 0 Å². The van der Waals surface area contributed by atoms with Crippen LogP contribution >= 0.6 is 23.2 Å². The van der Waals surface area contributed by atoms with Crippen LogP contribution in [0.4, 0.5) is 0 Å². The van der Waals surface area contributed by atoms with Crippen LogP contribution in [0.15, 0.2) is 10.6 Å². The number of nitrogens with zero attached hydrogens (tertiary/aromatic N) is 3. The molecule has 0 bridgehead atoms. The molecule has 0 aliphatic carbocycles. The standard InChI is InChI=1S/C15H20Cl2N4O2/c1-14(2,3)13-18-12(20-23-13)15(4,5)19-11(22)9-7-8(16)10(17)21(9)6/h7H,1-6H3,(H,19,22). The lowest BCUT2D eigenvalue weighted by molar-refractivity contribution is 0.0899. The highest BCUT2D eigenvalue weighted by Gasteiger charge is 2.32. The van der Waals surface area contributed by atoms with E-state index >= 15 is 0 Å². The van der Waals surface area contributed by atoms with Crippen LogP contribution in [-0.4, -0.2) is 20.6 Å². The van der Waals surface area contributed by atoms with E-state index in [1.54, 1.807) is 20.9 Å². The molecule has 2 aromatic heterocycles. The van der Waals surface area contributed by atoms with E-state index in [-0.39, 0.29) is 11.3 Å². The Hall–Kier alpha value is -1.53. The van der Waals surface area contributed by atoms with Crippen LogP contribution in [0, 0.1) is 0 Å². The monoisotopic (exact) mass is 358 g/mol. The van der Waals surface area contributed by atoms with Gasteiger partial charge in [-0.25, -0.2) is 0 Å². The molecule has 2 aromatic rings. The van der Waals surface area contributed by atoms with Crippen LogP contribution in [0.5, 0.6) is 0 Å². The maximum absolute atomic E-state index is 12.5. The van der Waals surface area contributed by atoms with Crippen LogP contribution < -0.4 is 5.32 Å². The van der Waals surface area contributed by atoms with Crippen molar-refractivity contribution in [2.24, 2.45) is 7.05 Å². The van der Waals surface area contributed by atoms with Crippen molar-refractivity contribution in [1.29, 1.82) is 0 Å². The first-order chi connectivity index (χ1) is 10.4. The second-order valence-electron chi connectivity index (χ2n) is 6.98. The van der Waals surface area contributed by atoms with E-state index in [2.05, 4.69) is 15.5 Å². The zero-order valence-electron chi connectivity index (χ0n) is 14.0. The highest BCUT2D eigenvalue weighted by atomic mass is 35.5. The van der Waals surface area contributed by atoms with Crippen molar-refractivity contribution in [3.63, 3.8) is 0 Å². The largest absolute Gasteiger partial charge is 0.339 e. The Balaban J connectivity index is 2.25. The lowest BCUT2D eigenvalue weighted by atomic mass is 9.97. The lowest BCUT2D eigenvalue weighted by Crippen LogP contribution is -2.42. The summed E-state index contributed by atoms with van der Waals surface area (Å²) in [5.41, 5.74) is -0.717. The minimum absolute atomic E-state index is 0.259. The fourth-order valence-corrected chi connectivity index (χ4v) is 2.32. The number of carbonyl (C=O) groups excluding carboxylic acids is 1. The van der Waals surface area contributed by atoms with Crippen LogP contribution in [0.1, 0.15) is 56.8 Å². The van der Waals surface area contributed by atoms with E-state index in [9.17, 15) is 4.79 Å². The number of halogens is 2. The van der Waals surface area contributed by atoms with Crippen molar-refractivity contribution in [2.45, 2.75) is 45.6 Å². The van der Waals surface area contributed by atoms with Crippen molar-refractivity contribution in [1.82, 2.24) is 20.0 Å². The second kappa shape index (κ2) is 5.83. The van der Waals surface area contributed by atoms with Crippen molar-refractivity contribution < 1.29 is 9.32 Å². The molecule has 0 aliphatic rings. The predicted octanol–water partition coefficient (Wildman–Crippen LogP) is 3.68. The molecule has 2 rings (SSSR count). The summed E-state index contributed by atoms with van der Waals surface area (Å²) in [6.45, 7) is 9.53. The van der Waals surface area contributed by atoms with Gasteiger partial charge in [-0.1, -0.05) is 49.1 Å². The first-order valence-corrected chi connectivity index (χ1v) is 7.87. The maximum Gasteiger partial charge on any atom is 0.268 e. The van der Waals surface area contributed by atoms with Crippen molar-refractivity contribution in [3.05, 3.63) is 33.7 Å². The van der Waals surface area contributed by atoms with Crippen LogP contribution in [0.2, 0.25) is 10.2 Å². The summed E-state index contributed by atoms with van der Waals surface area (Å²) in [5, 5.41) is 7.49. The number of nitrogens with one attached hydrogen (secondary N) is 1. The van der Waals surface area contributed by atoms with Gasteiger partial charge in [-0.15, -0.1) is 0 Å². The molecule has 1 N–H and O–H groups in total. The smallest absolute Gasteiger partial charge is 0.268 e. The van der Waals surface area contributed by atoms with Gasteiger partial charge in [0.2, 0.25) is 5.89 Å². The summed E-state index contributed by atoms with van der Waals surface area (Å²) in [7, 11) is 1.67. The number of rotatable bonds is 3. The lowest BCUT2D eigenvalue weighted by Gasteiger charge is -2.22. The Kier molecular flexibility index (Phi) is 4.52. The quantitative estimate of drug-likeness (QED) is 0.907. The van der Waals surface area contributed by atoms with Gasteiger partial charge in [0.25, 0.3) is 5.91 Å². The Morgan fingerprint density at radius 3 is 2.30 bits per heavy atom. The zero-order valence-corrected chi connectivity index (χ0v) is 15.5. The van der Waals surface area contributed by atoms with Gasteiger partial charge < -0.3 is 14.4 Å². The second-order valence-corrected chi connectivity index (χ2v) is 7.74. The number of carbonyl (C=O) groups is 1. The Bertz CT molecular complexity index is 741. The molecule has 0 atom stereocenters. The highest BCUT2D eigenvalue weighted by Crippen LogP contribution is 2.27. The SMILES string of the molecule is Cn1c(C(=O)NC(C)(C)c2noc(C(C)(C)C)n2)cc(Cl)c1Cl. The fraction of sp³-hybridized carbons (Fsp3) is 0.533. The molecule has 1 amide bonds. The van der Waals surface area contributed by atoms with Crippen LogP contribution in [0.25, 0.3) is 0 Å². The van der Waals surface area contributed by atoms with Gasteiger partial charge >= 0.3 is 0 Å². The molecule has 6 nitrogen and oxygen atoms in total. The molecule has 126 valence electrons. The average molecular weight is 359 g/mol. The summed E-state index contributed by atoms with van der Waals surface area (Å²) < 4.78 is 6.81. The summed E-state index contributed by atoms with van der Waals surface area (Å²) >= 11 is 11.9. The summed E-state index contributed by atoms with van der Waals surface area (Å²) in [6, 6.07) is 1.52. The van der Waals surface area contributed by atoms with E-state index in [4.69, 9.17) is 27.7 Å². The minimum Gasteiger partial charge on any atom is -0.339 e. The number of hydrogen-bond acceptors (Lipinski definition) is 4. The predicted molar refractivity (Wildman–Crippen MR) is 88.9 cm³/mol. The molecule has 0 saturated heterocycles. The molecule has 0 aromatic carbocycles. The minimum atomic E-state index is -0.812. The molecule has 8 heteroatoms.